The van der Waals surface area contributed by atoms with Gasteiger partial charge in [-0.05, 0) is 60.0 Å². The lowest BCUT2D eigenvalue weighted by Gasteiger charge is -2.19. The van der Waals surface area contributed by atoms with E-state index < -0.39 is 5.91 Å². The molecule has 4 N–H and O–H groups in total. The van der Waals surface area contributed by atoms with Crippen LogP contribution < -0.4 is 16.4 Å². The number of hydrogen-bond acceptors (Lipinski definition) is 5. The Morgan fingerprint density at radius 3 is 2.18 bits per heavy atom. The van der Waals surface area contributed by atoms with Gasteiger partial charge < -0.3 is 16.4 Å². The number of fused-ring (bicyclic) bond motifs is 2. The van der Waals surface area contributed by atoms with E-state index in [0.717, 1.165) is 11.3 Å². The lowest BCUT2D eigenvalue weighted by atomic mass is 9.97. The lowest BCUT2D eigenvalue weighted by molar-refractivity contribution is 0.0924. The summed E-state index contributed by atoms with van der Waals surface area (Å²) in [6.45, 7) is 0.440. The summed E-state index contributed by atoms with van der Waals surface area (Å²) in [7, 11) is 0. The monoisotopic (exact) mass is 541 g/mol. The number of amides is 2. The number of ketones is 1. The van der Waals surface area contributed by atoms with Crippen LogP contribution in [0.5, 0.6) is 0 Å². The van der Waals surface area contributed by atoms with Gasteiger partial charge in [0.1, 0.15) is 0 Å². The van der Waals surface area contributed by atoms with E-state index in [1.807, 2.05) is 30.3 Å². The molecule has 0 spiro atoms. The van der Waals surface area contributed by atoms with Crippen LogP contribution in [0.25, 0.3) is 0 Å². The van der Waals surface area contributed by atoms with Gasteiger partial charge in [-0.15, -0.1) is 0 Å². The molecule has 38 heavy (non-hydrogen) atoms. The molecule has 0 saturated carbocycles. The third-order valence-corrected chi connectivity index (χ3v) is 7.84. The Hall–Kier alpha value is -4.07. The number of nitrogen functional groups attached to an aromatic ring is 1. The second-order valence-electron chi connectivity index (χ2n) is 8.83. The molecule has 190 valence electrons. The first-order valence-electron chi connectivity index (χ1n) is 12.0. The van der Waals surface area contributed by atoms with Gasteiger partial charge in [-0.2, -0.15) is 0 Å². The molecule has 4 aromatic rings. The highest BCUT2D eigenvalue weighted by Gasteiger charge is 2.20. The van der Waals surface area contributed by atoms with E-state index >= 15 is 0 Å². The highest BCUT2D eigenvalue weighted by atomic mass is 35.5. The van der Waals surface area contributed by atoms with Crippen LogP contribution in [0.1, 0.15) is 47.8 Å². The number of nitrogens with two attached hydrogens (primary N) is 1. The molecule has 5 rings (SSSR count). The molecular weight excluding hydrogens is 518 g/mol. The van der Waals surface area contributed by atoms with Crippen LogP contribution in [0.15, 0.2) is 94.7 Å². The van der Waals surface area contributed by atoms with Crippen LogP contribution in [-0.4, -0.2) is 30.7 Å². The Morgan fingerprint density at radius 2 is 1.39 bits per heavy atom. The molecule has 0 fully saturated rings. The number of anilines is 1. The molecule has 0 saturated heterocycles. The van der Waals surface area contributed by atoms with E-state index in [2.05, 4.69) is 22.8 Å². The van der Waals surface area contributed by atoms with Gasteiger partial charge in [-0.1, -0.05) is 65.8 Å². The van der Waals surface area contributed by atoms with Gasteiger partial charge >= 0.3 is 0 Å². The van der Waals surface area contributed by atoms with Crippen LogP contribution in [-0.2, 0) is 6.42 Å². The third-order valence-electron chi connectivity index (χ3n) is 6.27. The number of benzene rings is 4. The Bertz CT molecular complexity index is 1570. The number of halogens is 1. The van der Waals surface area contributed by atoms with E-state index in [1.165, 1.54) is 22.1 Å². The molecule has 0 aromatic heterocycles. The van der Waals surface area contributed by atoms with Crippen molar-refractivity contribution in [1.29, 1.82) is 0 Å². The number of rotatable bonds is 7. The second kappa shape index (κ2) is 11.1. The number of nitrogens with one attached hydrogen (secondary N) is 2. The van der Waals surface area contributed by atoms with Crippen molar-refractivity contribution in [2.75, 3.05) is 18.8 Å². The summed E-state index contributed by atoms with van der Waals surface area (Å²) >= 11 is 7.63. The van der Waals surface area contributed by atoms with Crippen LogP contribution >= 0.6 is 23.4 Å². The zero-order valence-electron chi connectivity index (χ0n) is 20.3. The average Bonchev–Trinajstić information content (AvgIpc) is 2.94. The van der Waals surface area contributed by atoms with E-state index in [1.54, 1.807) is 48.2 Å². The van der Waals surface area contributed by atoms with Gasteiger partial charge in [0.25, 0.3) is 11.8 Å². The Kier molecular flexibility index (Phi) is 7.49. The Balaban J connectivity index is 1.18. The normalized spacial score (nSPS) is 11.7. The maximum atomic E-state index is 13.0. The predicted molar refractivity (Wildman–Crippen MR) is 150 cm³/mol. The zero-order valence-corrected chi connectivity index (χ0v) is 21.9. The summed E-state index contributed by atoms with van der Waals surface area (Å²) < 4.78 is 0. The SMILES string of the molecule is Nc1cc(C(=O)c2ccccc2C(=O)NCCNC(=O)c2ccc3c(c2)Sc2ccccc2C3)ccc1Cl. The lowest BCUT2D eigenvalue weighted by Crippen LogP contribution is -2.35. The molecule has 0 aliphatic carbocycles. The molecule has 8 heteroatoms. The van der Waals surface area contributed by atoms with Crippen molar-refractivity contribution in [3.8, 4) is 0 Å². The summed E-state index contributed by atoms with van der Waals surface area (Å²) in [6.07, 6.45) is 0.849. The first kappa shape index (κ1) is 25.6. The Labute approximate surface area is 229 Å². The largest absolute Gasteiger partial charge is 0.398 e. The van der Waals surface area contributed by atoms with E-state index in [9.17, 15) is 14.4 Å². The van der Waals surface area contributed by atoms with Crippen molar-refractivity contribution in [1.82, 2.24) is 10.6 Å². The van der Waals surface area contributed by atoms with Crippen molar-refractivity contribution in [3.63, 3.8) is 0 Å². The van der Waals surface area contributed by atoms with Crippen molar-refractivity contribution in [3.05, 3.63) is 123 Å². The van der Waals surface area contributed by atoms with Crippen molar-refractivity contribution in [2.24, 2.45) is 0 Å². The molecule has 6 nitrogen and oxygen atoms in total. The first-order chi connectivity index (χ1) is 18.4. The third kappa shape index (κ3) is 5.44. The maximum absolute atomic E-state index is 13.0. The highest BCUT2D eigenvalue weighted by Crippen LogP contribution is 2.39. The fraction of sp³-hybridized carbons (Fsp3) is 0.100. The number of hydrogen-bond donors (Lipinski definition) is 3. The van der Waals surface area contributed by atoms with Crippen LogP contribution in [0.4, 0.5) is 5.69 Å². The second-order valence-corrected chi connectivity index (χ2v) is 10.3. The molecule has 1 aliphatic rings. The van der Waals surface area contributed by atoms with Crippen LogP contribution in [0, 0.1) is 0 Å². The molecule has 0 unspecified atom stereocenters. The van der Waals surface area contributed by atoms with Crippen LogP contribution in [0.2, 0.25) is 5.02 Å². The van der Waals surface area contributed by atoms with Crippen LogP contribution in [0.3, 0.4) is 0 Å². The summed E-state index contributed by atoms with van der Waals surface area (Å²) in [5, 5.41) is 5.98. The number of carbonyl (C=O) groups excluding carboxylic acids is 3. The smallest absolute Gasteiger partial charge is 0.252 e. The maximum Gasteiger partial charge on any atom is 0.252 e. The van der Waals surface area contributed by atoms with Gasteiger partial charge in [0, 0.05) is 39.6 Å². The summed E-state index contributed by atoms with van der Waals surface area (Å²) in [6, 6.07) is 25.2. The zero-order chi connectivity index (χ0) is 26.6. The van der Waals surface area contributed by atoms with E-state index in [-0.39, 0.29) is 41.6 Å². The van der Waals surface area contributed by atoms with Crippen molar-refractivity contribution >= 4 is 46.6 Å². The minimum Gasteiger partial charge on any atom is -0.398 e. The van der Waals surface area contributed by atoms with Gasteiger partial charge in [0.05, 0.1) is 16.3 Å². The minimum absolute atomic E-state index is 0.202. The van der Waals surface area contributed by atoms with Gasteiger partial charge in [0.2, 0.25) is 0 Å². The number of carbonyl (C=O) groups is 3. The predicted octanol–water partition coefficient (Wildman–Crippen LogP) is 5.37. The Morgan fingerprint density at radius 1 is 0.737 bits per heavy atom. The molecule has 2 amide bonds. The van der Waals surface area contributed by atoms with Gasteiger partial charge in [0.15, 0.2) is 5.78 Å². The van der Waals surface area contributed by atoms with E-state index in [0.29, 0.717) is 16.1 Å². The molecule has 0 atom stereocenters. The van der Waals surface area contributed by atoms with E-state index in [4.69, 9.17) is 17.3 Å². The first-order valence-corrected chi connectivity index (χ1v) is 13.2. The van der Waals surface area contributed by atoms with Crippen molar-refractivity contribution in [2.45, 2.75) is 16.2 Å². The minimum atomic E-state index is -0.408. The molecule has 1 aliphatic heterocycles. The summed E-state index contributed by atoms with van der Waals surface area (Å²) in [5.74, 6) is -0.952. The summed E-state index contributed by atoms with van der Waals surface area (Å²) in [5.41, 5.74) is 10.0. The molecule has 4 aromatic carbocycles. The molecule has 0 radical (unpaired) electrons. The summed E-state index contributed by atoms with van der Waals surface area (Å²) in [4.78, 5) is 40.9. The highest BCUT2D eigenvalue weighted by molar-refractivity contribution is 7.99. The standard InChI is InChI=1S/C30H24ClN3O3S/c31-24-12-11-20(16-25(24)32)28(35)22-6-2-3-7-23(22)30(37)34-14-13-33-29(36)21-10-9-19-15-18-5-1-4-8-26(18)38-27(19)17-21/h1-12,16-17H,13-15,32H2,(H,33,36)(H,34,37). The topological polar surface area (TPSA) is 101 Å². The van der Waals surface area contributed by atoms with Gasteiger partial charge in [-0.3, -0.25) is 14.4 Å². The van der Waals surface area contributed by atoms with Crippen molar-refractivity contribution < 1.29 is 14.4 Å². The average molecular weight is 542 g/mol. The molecule has 0 bridgehead atoms. The molecular formula is C30H24ClN3O3S. The fourth-order valence-corrected chi connectivity index (χ4v) is 5.51. The van der Waals surface area contributed by atoms with Gasteiger partial charge in [-0.25, -0.2) is 0 Å². The quantitative estimate of drug-likeness (QED) is 0.146. The fourth-order valence-electron chi connectivity index (χ4n) is 4.28. The molecule has 1 heterocycles.